The Morgan fingerprint density at radius 1 is 1.43 bits per heavy atom. The maximum atomic E-state index is 12.5. The van der Waals surface area contributed by atoms with Gasteiger partial charge in [0.25, 0.3) is 10.0 Å². The number of rotatable bonds is 6. The Kier molecular flexibility index (Phi) is 5.09. The van der Waals surface area contributed by atoms with E-state index in [0.717, 1.165) is 16.2 Å². The van der Waals surface area contributed by atoms with Crippen LogP contribution in [0.4, 0.5) is 0 Å². The van der Waals surface area contributed by atoms with E-state index in [2.05, 4.69) is 9.72 Å². The van der Waals surface area contributed by atoms with Crippen LogP contribution in [0.3, 0.4) is 0 Å². The number of carbonyl (C=O) groups is 1. The molecule has 114 valence electrons. The smallest absolute Gasteiger partial charge is 0.358 e. The second-order valence-corrected chi connectivity index (χ2v) is 8.26. The number of thiazole rings is 1. The molecule has 21 heavy (non-hydrogen) atoms. The number of ether oxygens (including phenoxy) is 1. The average Bonchev–Trinajstić information content (AvgIpc) is 3.14. The van der Waals surface area contributed by atoms with Crippen molar-refractivity contribution < 1.29 is 17.9 Å². The summed E-state index contributed by atoms with van der Waals surface area (Å²) in [5, 5.41) is 1.95. The first-order valence-corrected chi connectivity index (χ1v) is 9.17. The Balaban J connectivity index is 2.17. The number of methoxy groups -OCH3 is 1. The molecule has 0 aliphatic rings. The molecule has 0 fully saturated rings. The summed E-state index contributed by atoms with van der Waals surface area (Å²) < 4.78 is 30.7. The molecule has 0 saturated heterocycles. The molecule has 9 heteroatoms. The molecule has 2 rings (SSSR count). The number of hydrogen-bond donors (Lipinski definition) is 0. The van der Waals surface area contributed by atoms with Crippen LogP contribution in [0.15, 0.2) is 27.2 Å². The van der Waals surface area contributed by atoms with Crippen LogP contribution in [0.25, 0.3) is 0 Å². The minimum Gasteiger partial charge on any atom is -0.464 e. The molecule has 0 radical (unpaired) electrons. The van der Waals surface area contributed by atoms with Crippen LogP contribution < -0.4 is 0 Å². The summed E-state index contributed by atoms with van der Waals surface area (Å²) in [7, 11) is -1.06. The number of hydrogen-bond acceptors (Lipinski definition) is 7. The van der Waals surface area contributed by atoms with Gasteiger partial charge < -0.3 is 4.74 Å². The molecule has 0 atom stereocenters. The number of carbonyl (C=O) groups excluding carboxylic acids is 1. The predicted octanol–water partition coefficient (Wildman–Crippen LogP) is 1.85. The maximum absolute atomic E-state index is 12.5. The number of sulfonamides is 1. The van der Waals surface area contributed by atoms with Gasteiger partial charge in [0.05, 0.1) is 12.6 Å². The van der Waals surface area contributed by atoms with E-state index in [9.17, 15) is 13.2 Å². The second kappa shape index (κ2) is 6.65. The molecular weight excluding hydrogens is 332 g/mol. The van der Waals surface area contributed by atoms with Crippen molar-refractivity contribution in [2.75, 3.05) is 20.7 Å². The third-order valence-corrected chi connectivity index (χ3v) is 6.95. The van der Waals surface area contributed by atoms with Crippen molar-refractivity contribution in [1.82, 2.24) is 9.29 Å². The van der Waals surface area contributed by atoms with Gasteiger partial charge >= 0.3 is 5.97 Å². The predicted molar refractivity (Wildman–Crippen MR) is 81.3 cm³/mol. The Labute approximate surface area is 131 Å². The van der Waals surface area contributed by atoms with Crippen molar-refractivity contribution in [2.45, 2.75) is 10.6 Å². The van der Waals surface area contributed by atoms with Crippen molar-refractivity contribution in [3.63, 3.8) is 0 Å². The average molecular weight is 346 g/mol. The van der Waals surface area contributed by atoms with Gasteiger partial charge in [-0.05, 0) is 17.9 Å². The highest BCUT2D eigenvalue weighted by atomic mass is 32.2. The number of likely N-dealkylation sites (N-methyl/N-ethyl adjacent to an activating group) is 1. The largest absolute Gasteiger partial charge is 0.464 e. The molecule has 2 heterocycles. The number of nitrogens with zero attached hydrogens (tertiary/aromatic N) is 2. The molecule has 0 bridgehead atoms. The van der Waals surface area contributed by atoms with E-state index in [1.54, 1.807) is 11.3 Å². The molecule has 0 N–H and O–H groups in total. The van der Waals surface area contributed by atoms with E-state index in [1.807, 2.05) is 17.5 Å². The molecule has 2 aromatic rings. The van der Waals surface area contributed by atoms with Gasteiger partial charge in [-0.25, -0.2) is 18.2 Å². The van der Waals surface area contributed by atoms with Crippen molar-refractivity contribution in [3.8, 4) is 0 Å². The minimum absolute atomic E-state index is 0.0805. The van der Waals surface area contributed by atoms with Gasteiger partial charge in [0, 0.05) is 18.5 Å². The van der Waals surface area contributed by atoms with Crippen LogP contribution in [0.2, 0.25) is 0 Å². The van der Waals surface area contributed by atoms with E-state index < -0.39 is 16.0 Å². The third kappa shape index (κ3) is 3.49. The molecule has 0 saturated carbocycles. The summed E-state index contributed by atoms with van der Waals surface area (Å²) >= 11 is 2.49. The van der Waals surface area contributed by atoms with E-state index >= 15 is 0 Å². The first-order valence-electron chi connectivity index (χ1n) is 5.97. The first-order chi connectivity index (χ1) is 9.96. The number of esters is 1. The quantitative estimate of drug-likeness (QED) is 0.746. The standard InChI is InChI=1S/C12H14N2O4S3/c1-14(6-5-9-4-3-7-19-9)21(16,17)12-10(11(15)18-2)13-8-20-12/h3-4,7-8H,5-6H2,1-2H3. The highest BCUT2D eigenvalue weighted by molar-refractivity contribution is 7.91. The van der Waals surface area contributed by atoms with Gasteiger partial charge in [-0.2, -0.15) is 4.31 Å². The molecule has 0 aromatic carbocycles. The SMILES string of the molecule is COC(=O)c1ncsc1S(=O)(=O)N(C)CCc1cccs1. The van der Waals surface area contributed by atoms with E-state index in [4.69, 9.17) is 0 Å². The Hall–Kier alpha value is -1.29. The lowest BCUT2D eigenvalue weighted by molar-refractivity contribution is 0.0590. The van der Waals surface area contributed by atoms with Crippen LogP contribution >= 0.6 is 22.7 Å². The molecular formula is C12H14N2O4S3. The Morgan fingerprint density at radius 3 is 2.81 bits per heavy atom. The zero-order chi connectivity index (χ0) is 15.5. The fraction of sp³-hybridized carbons (Fsp3) is 0.333. The van der Waals surface area contributed by atoms with Crippen molar-refractivity contribution in [1.29, 1.82) is 0 Å². The molecule has 6 nitrogen and oxygen atoms in total. The molecule has 2 aromatic heterocycles. The van der Waals surface area contributed by atoms with Crippen LogP contribution in [0.1, 0.15) is 15.4 Å². The molecule has 0 aliphatic heterocycles. The van der Waals surface area contributed by atoms with Gasteiger partial charge in [0.15, 0.2) is 9.90 Å². The van der Waals surface area contributed by atoms with Gasteiger partial charge in [0.2, 0.25) is 0 Å². The van der Waals surface area contributed by atoms with Crippen molar-refractivity contribution in [3.05, 3.63) is 33.6 Å². The summed E-state index contributed by atoms with van der Waals surface area (Å²) in [6.45, 7) is 0.335. The first kappa shape index (κ1) is 16.1. The van der Waals surface area contributed by atoms with Crippen LogP contribution in [-0.2, 0) is 21.2 Å². The lowest BCUT2D eigenvalue weighted by atomic mass is 10.3. The van der Waals surface area contributed by atoms with Crippen LogP contribution in [-0.4, -0.2) is 44.4 Å². The topological polar surface area (TPSA) is 76.6 Å². The summed E-state index contributed by atoms with van der Waals surface area (Å²) in [6.07, 6.45) is 0.625. The van der Waals surface area contributed by atoms with Gasteiger partial charge in [-0.15, -0.1) is 22.7 Å². The fourth-order valence-electron chi connectivity index (χ4n) is 1.64. The maximum Gasteiger partial charge on any atom is 0.358 e. The van der Waals surface area contributed by atoms with Crippen LogP contribution in [0.5, 0.6) is 0 Å². The normalized spacial score (nSPS) is 11.8. The lowest BCUT2D eigenvalue weighted by Crippen LogP contribution is -2.29. The Bertz CT molecular complexity index is 707. The van der Waals surface area contributed by atoms with Crippen LogP contribution in [0, 0.1) is 0 Å². The molecule has 0 spiro atoms. The van der Waals surface area contributed by atoms with E-state index in [1.165, 1.54) is 24.0 Å². The highest BCUT2D eigenvalue weighted by Gasteiger charge is 2.29. The molecule has 0 aliphatic carbocycles. The second-order valence-electron chi connectivity index (χ2n) is 4.14. The highest BCUT2D eigenvalue weighted by Crippen LogP contribution is 2.24. The summed E-state index contributed by atoms with van der Waals surface area (Å²) in [4.78, 5) is 16.4. The number of thiophene rings is 1. The van der Waals surface area contributed by atoms with Crippen molar-refractivity contribution in [2.24, 2.45) is 0 Å². The van der Waals surface area contributed by atoms with Gasteiger partial charge in [-0.3, -0.25) is 0 Å². The third-order valence-electron chi connectivity index (χ3n) is 2.81. The molecule has 0 amide bonds. The van der Waals surface area contributed by atoms with Crippen molar-refractivity contribution >= 4 is 38.7 Å². The van der Waals surface area contributed by atoms with Gasteiger partial charge in [-0.1, -0.05) is 6.07 Å². The zero-order valence-corrected chi connectivity index (χ0v) is 13.9. The van der Waals surface area contributed by atoms with E-state index in [0.29, 0.717) is 13.0 Å². The monoisotopic (exact) mass is 346 g/mol. The zero-order valence-electron chi connectivity index (χ0n) is 11.5. The van der Waals surface area contributed by atoms with E-state index in [-0.39, 0.29) is 9.90 Å². The Morgan fingerprint density at radius 2 is 2.19 bits per heavy atom. The summed E-state index contributed by atoms with van der Waals surface area (Å²) in [5.74, 6) is -0.749. The summed E-state index contributed by atoms with van der Waals surface area (Å²) in [6, 6.07) is 3.88. The fourth-order valence-corrected chi connectivity index (χ4v) is 4.83. The lowest BCUT2D eigenvalue weighted by Gasteiger charge is -2.15. The summed E-state index contributed by atoms with van der Waals surface area (Å²) in [5.41, 5.74) is 1.16. The minimum atomic E-state index is -3.74. The van der Waals surface area contributed by atoms with Gasteiger partial charge in [0.1, 0.15) is 0 Å². The molecule has 0 unspecified atom stereocenters. The number of aromatic nitrogens is 1.